The first kappa shape index (κ1) is 15.0. The highest BCUT2D eigenvalue weighted by atomic mass is 19.4. The van der Waals surface area contributed by atoms with Crippen LogP contribution in [-0.4, -0.2) is 23.6 Å². The molecule has 0 aliphatic rings. The van der Waals surface area contributed by atoms with Crippen LogP contribution >= 0.6 is 0 Å². The molecule has 4 nitrogen and oxygen atoms in total. The standard InChI is InChI=1S/C12H12F3N3O/c13-12(14,15)7-6-11(19)18-10-5-1-3-9(17-10)4-2-8-16/h1,3,5H,6-8,16H2,(H,17,18,19). The maximum absolute atomic E-state index is 11.9. The minimum Gasteiger partial charge on any atom is -0.320 e. The average molecular weight is 271 g/mol. The van der Waals surface area contributed by atoms with E-state index in [9.17, 15) is 18.0 Å². The zero-order valence-corrected chi connectivity index (χ0v) is 9.92. The van der Waals surface area contributed by atoms with Gasteiger partial charge in [0.05, 0.1) is 13.0 Å². The van der Waals surface area contributed by atoms with Gasteiger partial charge < -0.3 is 11.1 Å². The zero-order chi connectivity index (χ0) is 14.3. The molecule has 0 saturated carbocycles. The summed E-state index contributed by atoms with van der Waals surface area (Å²) < 4.78 is 35.8. The molecule has 1 amide bonds. The van der Waals surface area contributed by atoms with Crippen molar-refractivity contribution in [1.82, 2.24) is 4.98 Å². The molecule has 1 heterocycles. The van der Waals surface area contributed by atoms with Gasteiger partial charge >= 0.3 is 6.18 Å². The topological polar surface area (TPSA) is 68.0 Å². The number of carbonyl (C=O) groups is 1. The number of hydrogen-bond donors (Lipinski definition) is 2. The zero-order valence-electron chi connectivity index (χ0n) is 9.92. The molecule has 19 heavy (non-hydrogen) atoms. The normalized spacial score (nSPS) is 10.5. The number of rotatable bonds is 3. The molecule has 0 radical (unpaired) electrons. The molecule has 0 aromatic carbocycles. The minimum absolute atomic E-state index is 0.163. The van der Waals surface area contributed by atoms with Crippen LogP contribution in [0.25, 0.3) is 0 Å². The fraction of sp³-hybridized carbons (Fsp3) is 0.333. The first-order valence-electron chi connectivity index (χ1n) is 5.43. The van der Waals surface area contributed by atoms with Crippen molar-refractivity contribution < 1.29 is 18.0 Å². The van der Waals surface area contributed by atoms with Crippen LogP contribution in [0.1, 0.15) is 18.5 Å². The molecule has 1 rings (SSSR count). The Morgan fingerprint density at radius 3 is 2.79 bits per heavy atom. The molecule has 7 heteroatoms. The summed E-state index contributed by atoms with van der Waals surface area (Å²) in [6.45, 7) is 0.170. The molecule has 0 aliphatic heterocycles. The number of nitrogens with zero attached hydrogens (tertiary/aromatic N) is 1. The van der Waals surface area contributed by atoms with E-state index in [0.717, 1.165) is 0 Å². The van der Waals surface area contributed by atoms with Crippen molar-refractivity contribution in [3.05, 3.63) is 23.9 Å². The number of halogens is 3. The number of nitrogens with two attached hydrogens (primary N) is 1. The summed E-state index contributed by atoms with van der Waals surface area (Å²) in [7, 11) is 0. The van der Waals surface area contributed by atoms with Crippen LogP contribution in [0.5, 0.6) is 0 Å². The quantitative estimate of drug-likeness (QED) is 0.822. The molecular formula is C12H12F3N3O. The van der Waals surface area contributed by atoms with Gasteiger partial charge in [0.25, 0.3) is 0 Å². The van der Waals surface area contributed by atoms with Gasteiger partial charge in [0, 0.05) is 6.42 Å². The summed E-state index contributed by atoms with van der Waals surface area (Å²) in [5, 5.41) is 2.28. The van der Waals surface area contributed by atoms with Gasteiger partial charge in [0.2, 0.25) is 5.91 Å². The van der Waals surface area contributed by atoms with Crippen molar-refractivity contribution in [3.8, 4) is 11.8 Å². The van der Waals surface area contributed by atoms with Crippen LogP contribution in [0.15, 0.2) is 18.2 Å². The molecule has 1 aromatic heterocycles. The van der Waals surface area contributed by atoms with E-state index < -0.39 is 24.9 Å². The number of alkyl halides is 3. The SMILES string of the molecule is NCC#Cc1cccc(NC(=O)CCC(F)(F)F)n1. The fourth-order valence-corrected chi connectivity index (χ4v) is 1.18. The molecule has 0 unspecified atom stereocenters. The number of hydrogen-bond acceptors (Lipinski definition) is 3. The maximum Gasteiger partial charge on any atom is 0.389 e. The summed E-state index contributed by atoms with van der Waals surface area (Å²) >= 11 is 0. The van der Waals surface area contributed by atoms with Gasteiger partial charge in [-0.3, -0.25) is 4.79 Å². The smallest absolute Gasteiger partial charge is 0.320 e. The molecule has 0 atom stereocenters. The first-order valence-corrected chi connectivity index (χ1v) is 5.43. The fourth-order valence-electron chi connectivity index (χ4n) is 1.18. The number of aromatic nitrogens is 1. The summed E-state index contributed by atoms with van der Waals surface area (Å²) in [5.41, 5.74) is 5.59. The van der Waals surface area contributed by atoms with Crippen LogP contribution in [-0.2, 0) is 4.79 Å². The summed E-state index contributed by atoms with van der Waals surface area (Å²) in [6, 6.07) is 4.67. The van der Waals surface area contributed by atoms with Gasteiger partial charge in [0.1, 0.15) is 11.5 Å². The van der Waals surface area contributed by atoms with Gasteiger partial charge in [-0.2, -0.15) is 13.2 Å². The van der Waals surface area contributed by atoms with E-state index in [4.69, 9.17) is 5.73 Å². The second-order valence-electron chi connectivity index (χ2n) is 3.58. The van der Waals surface area contributed by atoms with Crippen molar-refractivity contribution in [1.29, 1.82) is 0 Å². The third-order valence-corrected chi connectivity index (χ3v) is 1.97. The lowest BCUT2D eigenvalue weighted by Crippen LogP contribution is -2.17. The van der Waals surface area contributed by atoms with Gasteiger partial charge in [0.15, 0.2) is 0 Å². The number of amides is 1. The Morgan fingerprint density at radius 2 is 2.16 bits per heavy atom. The van der Waals surface area contributed by atoms with Gasteiger partial charge in [-0.1, -0.05) is 12.0 Å². The molecule has 0 spiro atoms. The van der Waals surface area contributed by atoms with Crippen molar-refractivity contribution >= 4 is 11.7 Å². The molecule has 1 aromatic rings. The molecule has 0 aliphatic carbocycles. The highest BCUT2D eigenvalue weighted by Crippen LogP contribution is 2.21. The van der Waals surface area contributed by atoms with Crippen LogP contribution in [0.4, 0.5) is 19.0 Å². The summed E-state index contributed by atoms with van der Waals surface area (Å²) in [6.07, 6.45) is -6.14. The van der Waals surface area contributed by atoms with Crippen LogP contribution in [0.2, 0.25) is 0 Å². The lowest BCUT2D eigenvalue weighted by Gasteiger charge is -2.06. The van der Waals surface area contributed by atoms with Crippen molar-refractivity contribution in [2.45, 2.75) is 19.0 Å². The minimum atomic E-state index is -4.35. The maximum atomic E-state index is 11.9. The van der Waals surface area contributed by atoms with E-state index in [1.807, 2.05) is 0 Å². The van der Waals surface area contributed by atoms with E-state index in [1.54, 1.807) is 12.1 Å². The second kappa shape index (κ2) is 6.75. The van der Waals surface area contributed by atoms with E-state index in [2.05, 4.69) is 22.1 Å². The predicted octanol–water partition coefficient (Wildman–Crippen LogP) is 1.67. The number of nitrogens with one attached hydrogen (secondary N) is 1. The largest absolute Gasteiger partial charge is 0.389 e. The Labute approximate surface area is 108 Å². The third-order valence-electron chi connectivity index (χ3n) is 1.97. The summed E-state index contributed by atoms with van der Waals surface area (Å²) in [5.74, 6) is 4.66. The molecule has 0 saturated heterocycles. The molecular weight excluding hydrogens is 259 g/mol. The predicted molar refractivity (Wildman–Crippen MR) is 64.1 cm³/mol. The van der Waals surface area contributed by atoms with E-state index in [1.165, 1.54) is 6.07 Å². The van der Waals surface area contributed by atoms with Crippen molar-refractivity contribution in [2.24, 2.45) is 5.73 Å². The third kappa shape index (κ3) is 6.43. The first-order chi connectivity index (χ1) is 8.90. The Balaban J connectivity index is 2.59. The summed E-state index contributed by atoms with van der Waals surface area (Å²) in [4.78, 5) is 15.2. The highest BCUT2D eigenvalue weighted by Gasteiger charge is 2.27. The Morgan fingerprint density at radius 1 is 1.42 bits per heavy atom. The average Bonchev–Trinajstić information content (AvgIpc) is 2.33. The lowest BCUT2D eigenvalue weighted by atomic mass is 10.3. The van der Waals surface area contributed by atoms with Crippen LogP contribution in [0.3, 0.4) is 0 Å². The Bertz CT molecular complexity index is 503. The van der Waals surface area contributed by atoms with Crippen molar-refractivity contribution in [2.75, 3.05) is 11.9 Å². The molecule has 0 fully saturated rings. The molecule has 0 bridgehead atoms. The van der Waals surface area contributed by atoms with Crippen LogP contribution < -0.4 is 11.1 Å². The molecule has 102 valence electrons. The van der Waals surface area contributed by atoms with E-state index in [-0.39, 0.29) is 12.4 Å². The number of carbonyl (C=O) groups excluding carboxylic acids is 1. The van der Waals surface area contributed by atoms with E-state index >= 15 is 0 Å². The van der Waals surface area contributed by atoms with Gasteiger partial charge in [-0.05, 0) is 18.1 Å². The van der Waals surface area contributed by atoms with Gasteiger partial charge in [-0.15, -0.1) is 0 Å². The van der Waals surface area contributed by atoms with Crippen molar-refractivity contribution in [3.63, 3.8) is 0 Å². The van der Waals surface area contributed by atoms with Gasteiger partial charge in [-0.25, -0.2) is 4.98 Å². The number of anilines is 1. The second-order valence-corrected chi connectivity index (χ2v) is 3.58. The highest BCUT2D eigenvalue weighted by molar-refractivity contribution is 5.89. The monoisotopic (exact) mass is 271 g/mol. The molecule has 3 N–H and O–H groups in total. The van der Waals surface area contributed by atoms with E-state index in [0.29, 0.717) is 5.69 Å². The number of pyridine rings is 1. The Hall–Kier alpha value is -2.07. The lowest BCUT2D eigenvalue weighted by molar-refractivity contribution is -0.142. The Kier molecular flexibility index (Phi) is 5.33. The van der Waals surface area contributed by atoms with Crippen LogP contribution in [0, 0.1) is 11.8 Å².